The summed E-state index contributed by atoms with van der Waals surface area (Å²) in [5.41, 5.74) is 1.72. The predicted molar refractivity (Wildman–Crippen MR) is 86.9 cm³/mol. The molecule has 0 saturated heterocycles. The fourth-order valence-corrected chi connectivity index (χ4v) is 3.18. The summed E-state index contributed by atoms with van der Waals surface area (Å²) in [6, 6.07) is 7.08. The average molecular weight is 325 g/mol. The zero-order chi connectivity index (χ0) is 16.6. The van der Waals surface area contributed by atoms with Crippen LogP contribution in [-0.2, 0) is 0 Å². The van der Waals surface area contributed by atoms with Crippen molar-refractivity contribution in [3.05, 3.63) is 63.7 Å². The van der Waals surface area contributed by atoms with E-state index in [-0.39, 0.29) is 11.1 Å². The molecule has 0 bridgehead atoms. The molecule has 1 aromatic carbocycles. The van der Waals surface area contributed by atoms with Crippen LogP contribution in [0.1, 0.15) is 26.6 Å². The van der Waals surface area contributed by atoms with Gasteiger partial charge in [0.1, 0.15) is 17.5 Å². The third kappa shape index (κ3) is 2.79. The molecule has 0 spiro atoms. The molecule has 6 heteroatoms. The van der Waals surface area contributed by atoms with E-state index in [9.17, 15) is 14.4 Å². The van der Waals surface area contributed by atoms with Crippen molar-refractivity contribution in [3.63, 3.8) is 0 Å². The number of halogens is 1. The second-order valence-corrected chi connectivity index (χ2v) is 6.30. The quantitative estimate of drug-likeness (QED) is 0.416. The van der Waals surface area contributed by atoms with Gasteiger partial charge in [-0.2, -0.15) is 5.26 Å². The molecule has 0 aliphatic rings. The second kappa shape index (κ2) is 5.78. The molecule has 0 radical (unpaired) electrons. The number of fused-ring (bicyclic) bond motifs is 1. The van der Waals surface area contributed by atoms with Crippen molar-refractivity contribution in [2.75, 3.05) is 0 Å². The molecule has 0 atom stereocenters. The smallest absolute Gasteiger partial charge is 0.203 e. The molecule has 2 aromatic heterocycles. The van der Waals surface area contributed by atoms with Crippen LogP contribution in [0.4, 0.5) is 4.39 Å². The summed E-state index contributed by atoms with van der Waals surface area (Å²) in [4.78, 5) is 18.8. The van der Waals surface area contributed by atoms with Crippen molar-refractivity contribution in [2.45, 2.75) is 13.8 Å². The monoisotopic (exact) mass is 325 g/mol. The number of carbonyl (C=O) groups excluding carboxylic acids is 1. The molecule has 0 unspecified atom stereocenters. The number of nitriles is 1. The number of thiazole rings is 1. The van der Waals surface area contributed by atoms with Gasteiger partial charge in [-0.15, -0.1) is 11.3 Å². The lowest BCUT2D eigenvalue weighted by molar-refractivity contribution is 0.104. The van der Waals surface area contributed by atoms with Crippen molar-refractivity contribution in [1.82, 2.24) is 9.38 Å². The van der Waals surface area contributed by atoms with Gasteiger partial charge in [-0.05, 0) is 44.2 Å². The Morgan fingerprint density at radius 3 is 2.70 bits per heavy atom. The minimum absolute atomic E-state index is 0.00892. The van der Waals surface area contributed by atoms with Crippen molar-refractivity contribution in [2.24, 2.45) is 0 Å². The van der Waals surface area contributed by atoms with Crippen LogP contribution in [0.2, 0.25) is 0 Å². The number of aryl methyl sites for hydroxylation is 2. The highest BCUT2D eigenvalue weighted by Crippen LogP contribution is 2.23. The summed E-state index contributed by atoms with van der Waals surface area (Å²) in [6.07, 6.45) is 3.45. The Balaban J connectivity index is 2.07. The highest BCUT2D eigenvalue weighted by Gasteiger charge is 2.15. The summed E-state index contributed by atoms with van der Waals surface area (Å²) in [7, 11) is 0. The second-order valence-electron chi connectivity index (χ2n) is 5.08. The van der Waals surface area contributed by atoms with Crippen LogP contribution < -0.4 is 0 Å². The first kappa shape index (κ1) is 15.1. The Morgan fingerprint density at radius 1 is 1.35 bits per heavy atom. The van der Waals surface area contributed by atoms with E-state index >= 15 is 0 Å². The summed E-state index contributed by atoms with van der Waals surface area (Å²) >= 11 is 1.54. The van der Waals surface area contributed by atoms with Gasteiger partial charge >= 0.3 is 0 Å². The number of allylic oxidation sites excluding steroid dienone is 1. The number of benzene rings is 1. The van der Waals surface area contributed by atoms with Gasteiger partial charge < -0.3 is 0 Å². The SMILES string of the molecule is Cc1cn2c(/C=C(\C#N)C(=O)c3ccc(F)cc3)c(C)nc2s1. The lowest BCUT2D eigenvalue weighted by Gasteiger charge is -2.00. The third-order valence-electron chi connectivity index (χ3n) is 3.42. The fourth-order valence-electron chi connectivity index (χ4n) is 2.30. The number of rotatable bonds is 3. The van der Waals surface area contributed by atoms with E-state index in [1.54, 1.807) is 11.3 Å². The largest absolute Gasteiger partial charge is 0.290 e. The first-order valence-corrected chi connectivity index (χ1v) is 7.68. The maximum atomic E-state index is 13.0. The lowest BCUT2D eigenvalue weighted by Crippen LogP contribution is -2.02. The zero-order valence-electron chi connectivity index (χ0n) is 12.5. The van der Waals surface area contributed by atoms with Gasteiger partial charge in [0.2, 0.25) is 5.78 Å². The first-order chi connectivity index (χ1) is 11.0. The molecule has 0 aliphatic carbocycles. The van der Waals surface area contributed by atoms with Crippen LogP contribution >= 0.6 is 11.3 Å². The molecule has 23 heavy (non-hydrogen) atoms. The standard InChI is InChI=1S/C17H12FN3OS/c1-10-9-21-15(11(2)20-17(21)23-10)7-13(8-19)16(22)12-3-5-14(18)6-4-12/h3-7,9H,1-2H3/b13-7+. The van der Waals surface area contributed by atoms with E-state index in [2.05, 4.69) is 4.98 Å². The summed E-state index contributed by atoms with van der Waals surface area (Å²) in [5, 5.41) is 9.34. The van der Waals surface area contributed by atoms with Crippen LogP contribution in [0.15, 0.2) is 36.0 Å². The summed E-state index contributed by atoms with van der Waals surface area (Å²) in [5.74, 6) is -0.861. The van der Waals surface area contributed by atoms with Crippen LogP contribution in [0, 0.1) is 31.0 Å². The Hall–Kier alpha value is -2.78. The van der Waals surface area contributed by atoms with Gasteiger partial charge in [0.25, 0.3) is 0 Å². The molecule has 114 valence electrons. The zero-order valence-corrected chi connectivity index (χ0v) is 13.3. The van der Waals surface area contributed by atoms with E-state index < -0.39 is 11.6 Å². The normalized spacial score (nSPS) is 11.7. The minimum atomic E-state index is -0.436. The molecule has 0 saturated carbocycles. The van der Waals surface area contributed by atoms with Crippen molar-refractivity contribution < 1.29 is 9.18 Å². The molecule has 0 N–H and O–H groups in total. The van der Waals surface area contributed by atoms with Gasteiger partial charge in [-0.1, -0.05) is 0 Å². The van der Waals surface area contributed by atoms with Gasteiger partial charge in [-0.25, -0.2) is 9.37 Å². The van der Waals surface area contributed by atoms with Gasteiger partial charge in [-0.3, -0.25) is 9.20 Å². The molecule has 3 rings (SSSR count). The Kier molecular flexibility index (Phi) is 3.80. The Morgan fingerprint density at radius 2 is 2.04 bits per heavy atom. The molecule has 0 aliphatic heterocycles. The van der Waals surface area contributed by atoms with Gasteiger partial charge in [0.15, 0.2) is 4.96 Å². The highest BCUT2D eigenvalue weighted by atomic mass is 32.1. The molecule has 3 aromatic rings. The number of ketones is 1. The number of hydrogen-bond donors (Lipinski definition) is 0. The molecule has 4 nitrogen and oxygen atoms in total. The van der Waals surface area contributed by atoms with E-state index in [4.69, 9.17) is 0 Å². The van der Waals surface area contributed by atoms with E-state index in [0.717, 1.165) is 15.5 Å². The maximum Gasteiger partial charge on any atom is 0.203 e. The Labute approximate surface area is 136 Å². The number of Topliss-reactive ketones (excluding diaryl/α,β-unsaturated/α-hetero) is 1. The number of nitrogens with zero attached hydrogens (tertiary/aromatic N) is 3. The van der Waals surface area contributed by atoms with E-state index in [1.165, 1.54) is 30.3 Å². The topological polar surface area (TPSA) is 58.2 Å². The average Bonchev–Trinajstić information content (AvgIpc) is 3.00. The van der Waals surface area contributed by atoms with E-state index in [1.807, 2.05) is 30.5 Å². The van der Waals surface area contributed by atoms with E-state index in [0.29, 0.717) is 5.69 Å². The first-order valence-electron chi connectivity index (χ1n) is 6.86. The van der Waals surface area contributed by atoms with Crippen molar-refractivity contribution in [1.29, 1.82) is 5.26 Å². The molecular weight excluding hydrogens is 313 g/mol. The summed E-state index contributed by atoms with van der Waals surface area (Å²) in [6.45, 7) is 3.80. The van der Waals surface area contributed by atoms with Gasteiger partial charge in [0.05, 0.1) is 11.4 Å². The number of carbonyl (C=O) groups is 1. The van der Waals surface area contributed by atoms with Crippen LogP contribution in [0.5, 0.6) is 0 Å². The fraction of sp³-hybridized carbons (Fsp3) is 0.118. The number of aromatic nitrogens is 2. The van der Waals surface area contributed by atoms with Gasteiger partial charge in [0, 0.05) is 16.6 Å². The molecule has 0 fully saturated rings. The molecule has 2 heterocycles. The number of hydrogen-bond acceptors (Lipinski definition) is 4. The maximum absolute atomic E-state index is 13.0. The van der Waals surface area contributed by atoms with Crippen LogP contribution in [0.25, 0.3) is 11.0 Å². The summed E-state index contributed by atoms with van der Waals surface area (Å²) < 4.78 is 14.8. The lowest BCUT2D eigenvalue weighted by atomic mass is 10.0. The highest BCUT2D eigenvalue weighted by molar-refractivity contribution is 7.17. The predicted octanol–water partition coefficient (Wildman–Crippen LogP) is 3.94. The van der Waals surface area contributed by atoms with Crippen LogP contribution in [-0.4, -0.2) is 15.2 Å². The minimum Gasteiger partial charge on any atom is -0.290 e. The third-order valence-corrected chi connectivity index (χ3v) is 4.31. The van der Waals surface area contributed by atoms with Crippen molar-refractivity contribution in [3.8, 4) is 6.07 Å². The number of imidazole rings is 1. The molecular formula is C17H12FN3OS. The van der Waals surface area contributed by atoms with Crippen LogP contribution in [0.3, 0.4) is 0 Å². The van der Waals surface area contributed by atoms with Crippen molar-refractivity contribution >= 4 is 28.2 Å². The Bertz CT molecular complexity index is 974. The molecule has 0 amide bonds.